The average molecular weight is 491 g/mol. The van der Waals surface area contributed by atoms with Gasteiger partial charge in [0.1, 0.15) is 5.60 Å². The molecule has 0 atom stereocenters. The largest absolute Gasteiger partial charge is 0.365 e. The first-order valence-corrected chi connectivity index (χ1v) is 14.2. The van der Waals surface area contributed by atoms with E-state index >= 15 is 0 Å². The standard InChI is InChI=1S/C36H42O/c1-2-3-4-5-6-7-8-21-30-37-36(33-26-17-11-18-27-33,34-28-19-12-20-29-34)35(31-22-13-9-14-23-31)32-24-15-10-16-25-32/h9-20,22-29,35H,2-8,21,30H2,1H3. The highest BCUT2D eigenvalue weighted by Crippen LogP contribution is 2.49. The first-order chi connectivity index (χ1) is 18.4. The van der Waals surface area contributed by atoms with Crippen LogP contribution in [0.2, 0.25) is 0 Å². The fourth-order valence-electron chi connectivity index (χ4n) is 5.54. The Morgan fingerprint density at radius 1 is 0.486 bits per heavy atom. The summed E-state index contributed by atoms with van der Waals surface area (Å²) >= 11 is 0. The second-order valence-corrected chi connectivity index (χ2v) is 10.0. The molecular formula is C36H42O. The molecule has 0 aliphatic carbocycles. The number of hydrogen-bond donors (Lipinski definition) is 0. The molecule has 4 aromatic rings. The van der Waals surface area contributed by atoms with Crippen LogP contribution in [0, 0.1) is 0 Å². The van der Waals surface area contributed by atoms with Gasteiger partial charge in [0.2, 0.25) is 0 Å². The molecular weight excluding hydrogens is 448 g/mol. The molecule has 0 saturated heterocycles. The Hall–Kier alpha value is -3.16. The smallest absolute Gasteiger partial charge is 0.129 e. The van der Waals surface area contributed by atoms with Gasteiger partial charge in [-0.25, -0.2) is 0 Å². The zero-order chi connectivity index (χ0) is 25.6. The van der Waals surface area contributed by atoms with Gasteiger partial charge in [-0.2, -0.15) is 0 Å². The lowest BCUT2D eigenvalue weighted by Crippen LogP contribution is -2.39. The molecule has 192 valence electrons. The van der Waals surface area contributed by atoms with Crippen LogP contribution in [0.3, 0.4) is 0 Å². The third-order valence-corrected chi connectivity index (χ3v) is 7.41. The Balaban J connectivity index is 1.71. The molecule has 0 spiro atoms. The van der Waals surface area contributed by atoms with Gasteiger partial charge in [0.15, 0.2) is 0 Å². The number of hydrogen-bond acceptors (Lipinski definition) is 1. The van der Waals surface area contributed by atoms with E-state index in [2.05, 4.69) is 128 Å². The third-order valence-electron chi connectivity index (χ3n) is 7.41. The lowest BCUT2D eigenvalue weighted by molar-refractivity contribution is -0.0327. The van der Waals surface area contributed by atoms with Gasteiger partial charge in [-0.05, 0) is 28.7 Å². The molecule has 0 aromatic heterocycles. The topological polar surface area (TPSA) is 9.23 Å². The van der Waals surface area contributed by atoms with Crippen molar-refractivity contribution in [2.24, 2.45) is 0 Å². The maximum Gasteiger partial charge on any atom is 0.129 e. The quantitative estimate of drug-likeness (QED) is 0.151. The van der Waals surface area contributed by atoms with Gasteiger partial charge in [0.25, 0.3) is 0 Å². The van der Waals surface area contributed by atoms with Gasteiger partial charge < -0.3 is 4.74 Å². The van der Waals surface area contributed by atoms with Crippen molar-refractivity contribution in [1.29, 1.82) is 0 Å². The van der Waals surface area contributed by atoms with E-state index in [1.54, 1.807) is 0 Å². The van der Waals surface area contributed by atoms with E-state index < -0.39 is 5.60 Å². The Kier molecular flexibility index (Phi) is 10.6. The van der Waals surface area contributed by atoms with Crippen molar-refractivity contribution >= 4 is 0 Å². The number of rotatable bonds is 15. The van der Waals surface area contributed by atoms with Gasteiger partial charge in [-0.3, -0.25) is 0 Å². The maximum absolute atomic E-state index is 7.22. The Bertz CT molecular complexity index is 1040. The molecule has 37 heavy (non-hydrogen) atoms. The van der Waals surface area contributed by atoms with Gasteiger partial charge in [0, 0.05) is 12.5 Å². The van der Waals surface area contributed by atoms with Crippen molar-refractivity contribution in [3.8, 4) is 0 Å². The van der Waals surface area contributed by atoms with Crippen LogP contribution in [-0.2, 0) is 10.3 Å². The summed E-state index contributed by atoms with van der Waals surface area (Å²) in [6.07, 6.45) is 10.3. The molecule has 4 aromatic carbocycles. The summed E-state index contributed by atoms with van der Waals surface area (Å²) in [6, 6.07) is 43.4. The molecule has 0 unspecified atom stereocenters. The lowest BCUT2D eigenvalue weighted by Gasteiger charge is -2.42. The van der Waals surface area contributed by atoms with Crippen molar-refractivity contribution in [3.63, 3.8) is 0 Å². The van der Waals surface area contributed by atoms with E-state index in [1.165, 1.54) is 67.2 Å². The molecule has 0 N–H and O–H groups in total. The highest BCUT2D eigenvalue weighted by Gasteiger charge is 2.45. The van der Waals surface area contributed by atoms with Crippen LogP contribution in [0.25, 0.3) is 0 Å². The van der Waals surface area contributed by atoms with Gasteiger partial charge >= 0.3 is 0 Å². The molecule has 0 amide bonds. The number of ether oxygens (including phenoxy) is 1. The molecule has 0 radical (unpaired) electrons. The minimum absolute atomic E-state index is 0.00810. The van der Waals surface area contributed by atoms with E-state index in [4.69, 9.17) is 4.74 Å². The minimum Gasteiger partial charge on any atom is -0.365 e. The van der Waals surface area contributed by atoms with E-state index in [0.29, 0.717) is 0 Å². The fourth-order valence-corrected chi connectivity index (χ4v) is 5.54. The summed E-state index contributed by atoms with van der Waals surface area (Å²) < 4.78 is 7.22. The number of benzene rings is 4. The lowest BCUT2D eigenvalue weighted by atomic mass is 9.69. The molecule has 0 aliphatic heterocycles. The Labute approximate surface area is 224 Å². The summed E-state index contributed by atoms with van der Waals surface area (Å²) in [5.74, 6) is 0.00810. The molecule has 1 heteroatoms. The predicted octanol–water partition coefficient (Wildman–Crippen LogP) is 9.92. The molecule has 4 rings (SSSR count). The summed E-state index contributed by atoms with van der Waals surface area (Å²) in [5.41, 5.74) is 4.26. The first-order valence-electron chi connectivity index (χ1n) is 14.2. The predicted molar refractivity (Wildman–Crippen MR) is 157 cm³/mol. The monoisotopic (exact) mass is 490 g/mol. The molecule has 0 fully saturated rings. The first kappa shape index (κ1) is 26.9. The van der Waals surface area contributed by atoms with E-state index in [9.17, 15) is 0 Å². The summed E-state index contributed by atoms with van der Waals surface area (Å²) in [6.45, 7) is 3.01. The summed E-state index contributed by atoms with van der Waals surface area (Å²) in [5, 5.41) is 0. The Morgan fingerprint density at radius 2 is 0.865 bits per heavy atom. The second-order valence-electron chi connectivity index (χ2n) is 10.0. The SMILES string of the molecule is CCCCCCCCCCOC(c1ccccc1)(c1ccccc1)C(c1ccccc1)c1ccccc1. The zero-order valence-corrected chi connectivity index (χ0v) is 22.4. The van der Waals surface area contributed by atoms with Crippen molar-refractivity contribution in [2.75, 3.05) is 6.61 Å². The molecule has 0 saturated carbocycles. The van der Waals surface area contributed by atoms with Crippen LogP contribution in [0.1, 0.15) is 86.5 Å². The maximum atomic E-state index is 7.22. The third kappa shape index (κ3) is 6.99. The van der Waals surface area contributed by atoms with E-state index in [-0.39, 0.29) is 5.92 Å². The minimum atomic E-state index is -0.646. The number of unbranched alkanes of at least 4 members (excludes halogenated alkanes) is 7. The van der Waals surface area contributed by atoms with Crippen LogP contribution in [0.4, 0.5) is 0 Å². The summed E-state index contributed by atoms with van der Waals surface area (Å²) in [7, 11) is 0. The van der Waals surface area contributed by atoms with Crippen molar-refractivity contribution in [3.05, 3.63) is 144 Å². The van der Waals surface area contributed by atoms with Crippen LogP contribution in [0.15, 0.2) is 121 Å². The molecule has 0 bridgehead atoms. The molecule has 1 nitrogen and oxygen atoms in total. The van der Waals surface area contributed by atoms with Crippen molar-refractivity contribution in [1.82, 2.24) is 0 Å². The van der Waals surface area contributed by atoms with Gasteiger partial charge in [-0.1, -0.05) is 173 Å². The van der Waals surface area contributed by atoms with Gasteiger partial charge in [-0.15, -0.1) is 0 Å². The van der Waals surface area contributed by atoms with E-state index in [0.717, 1.165) is 13.0 Å². The van der Waals surface area contributed by atoms with Crippen molar-refractivity contribution < 1.29 is 4.74 Å². The molecule has 0 heterocycles. The van der Waals surface area contributed by atoms with Crippen LogP contribution in [0.5, 0.6) is 0 Å². The Morgan fingerprint density at radius 3 is 1.30 bits per heavy atom. The van der Waals surface area contributed by atoms with Crippen molar-refractivity contribution in [2.45, 2.75) is 69.8 Å². The summed E-state index contributed by atoms with van der Waals surface area (Å²) in [4.78, 5) is 0. The van der Waals surface area contributed by atoms with Crippen LogP contribution in [-0.4, -0.2) is 6.61 Å². The van der Waals surface area contributed by atoms with Crippen LogP contribution < -0.4 is 0 Å². The molecule has 0 aliphatic rings. The highest BCUT2D eigenvalue weighted by molar-refractivity contribution is 5.48. The van der Waals surface area contributed by atoms with Gasteiger partial charge in [0.05, 0.1) is 0 Å². The zero-order valence-electron chi connectivity index (χ0n) is 22.4. The second kappa shape index (κ2) is 14.5. The normalized spacial score (nSPS) is 11.6. The average Bonchev–Trinajstić information content (AvgIpc) is 2.97. The fraction of sp³-hybridized carbons (Fsp3) is 0.333. The van der Waals surface area contributed by atoms with E-state index in [1.807, 2.05) is 0 Å². The highest BCUT2D eigenvalue weighted by atomic mass is 16.5. The van der Waals surface area contributed by atoms with Crippen LogP contribution >= 0.6 is 0 Å².